The lowest BCUT2D eigenvalue weighted by Crippen LogP contribution is -2.39. The molecule has 0 amide bonds. The van der Waals surface area contributed by atoms with E-state index in [1.165, 1.54) is 0 Å². The number of nitrogens with one attached hydrogen (secondary N) is 2. The average molecular weight is 303 g/mol. The maximum atomic E-state index is 12.2. The third kappa shape index (κ3) is 4.56. The fourth-order valence-electron chi connectivity index (χ4n) is 2.38. The molecule has 1 heterocycles. The van der Waals surface area contributed by atoms with Crippen molar-refractivity contribution in [1.82, 2.24) is 15.5 Å². The van der Waals surface area contributed by atoms with Crippen LogP contribution < -0.4 is 5.32 Å². The van der Waals surface area contributed by atoms with Crippen molar-refractivity contribution in [3.8, 4) is 0 Å². The van der Waals surface area contributed by atoms with Gasteiger partial charge in [0.1, 0.15) is 6.04 Å². The normalized spacial score (nSPS) is 13.0. The Bertz CT molecular complexity index is 619. The molecule has 2 rings (SSSR count). The number of hydrogen-bond donors (Lipinski definition) is 2. The summed E-state index contributed by atoms with van der Waals surface area (Å²) in [5, 5.41) is 11.4. The lowest BCUT2D eigenvalue weighted by Gasteiger charge is -2.20. The Morgan fingerprint density at radius 1 is 1.32 bits per heavy atom. The Kier molecular flexibility index (Phi) is 5.55. The first-order valence-corrected chi connectivity index (χ1v) is 7.81. The number of carbonyl (C=O) groups is 1. The topological polar surface area (TPSA) is 67.0 Å². The second kappa shape index (κ2) is 7.40. The van der Waals surface area contributed by atoms with Gasteiger partial charge in [-0.1, -0.05) is 26.0 Å². The third-order valence-electron chi connectivity index (χ3n) is 3.40. The van der Waals surface area contributed by atoms with Crippen molar-refractivity contribution >= 4 is 16.9 Å². The van der Waals surface area contributed by atoms with Gasteiger partial charge in [0.05, 0.1) is 17.8 Å². The molecule has 0 aliphatic carbocycles. The van der Waals surface area contributed by atoms with E-state index in [9.17, 15) is 4.79 Å². The molecule has 0 aliphatic heterocycles. The molecule has 0 aliphatic rings. The van der Waals surface area contributed by atoms with E-state index in [1.54, 1.807) is 6.20 Å². The molecule has 120 valence electrons. The maximum Gasteiger partial charge on any atom is 0.323 e. The molecule has 2 aromatic rings. The van der Waals surface area contributed by atoms with Crippen molar-refractivity contribution in [2.75, 3.05) is 0 Å². The Morgan fingerprint density at radius 3 is 2.77 bits per heavy atom. The van der Waals surface area contributed by atoms with Gasteiger partial charge in [0, 0.05) is 11.9 Å². The highest BCUT2D eigenvalue weighted by Gasteiger charge is 2.21. The monoisotopic (exact) mass is 303 g/mol. The average Bonchev–Trinajstić information content (AvgIpc) is 2.89. The van der Waals surface area contributed by atoms with Crippen molar-refractivity contribution in [3.05, 3.63) is 30.0 Å². The second-order valence-corrected chi connectivity index (χ2v) is 6.34. The van der Waals surface area contributed by atoms with Crippen LogP contribution in [-0.4, -0.2) is 28.3 Å². The number of aromatic nitrogens is 2. The van der Waals surface area contributed by atoms with Crippen LogP contribution in [0.25, 0.3) is 10.9 Å². The largest absolute Gasteiger partial charge is 0.462 e. The van der Waals surface area contributed by atoms with Crippen molar-refractivity contribution in [2.24, 2.45) is 5.92 Å². The van der Waals surface area contributed by atoms with Crippen molar-refractivity contribution in [3.63, 3.8) is 0 Å². The van der Waals surface area contributed by atoms with Gasteiger partial charge in [-0.2, -0.15) is 5.10 Å². The number of aromatic amines is 1. The van der Waals surface area contributed by atoms with Gasteiger partial charge in [-0.15, -0.1) is 0 Å². The summed E-state index contributed by atoms with van der Waals surface area (Å²) in [6.45, 7) is 8.58. The number of carbonyl (C=O) groups excluding carboxylic acids is 1. The number of hydrogen-bond acceptors (Lipinski definition) is 4. The highest BCUT2D eigenvalue weighted by Crippen LogP contribution is 2.14. The van der Waals surface area contributed by atoms with E-state index in [2.05, 4.69) is 35.4 Å². The first-order chi connectivity index (χ1) is 10.5. The zero-order valence-electron chi connectivity index (χ0n) is 13.7. The van der Waals surface area contributed by atoms with Gasteiger partial charge in [0.2, 0.25) is 0 Å². The molecule has 0 saturated carbocycles. The Labute approximate surface area is 131 Å². The number of ether oxygens (including phenoxy) is 1. The zero-order chi connectivity index (χ0) is 16.1. The van der Waals surface area contributed by atoms with Crippen LogP contribution in [0.5, 0.6) is 0 Å². The Hall–Kier alpha value is -1.88. The number of benzene rings is 1. The summed E-state index contributed by atoms with van der Waals surface area (Å²) in [6, 6.07) is 5.85. The maximum absolute atomic E-state index is 12.2. The predicted molar refractivity (Wildman–Crippen MR) is 87.4 cm³/mol. The number of rotatable bonds is 7. The molecule has 0 radical (unpaired) electrons. The Morgan fingerprint density at radius 2 is 2.09 bits per heavy atom. The van der Waals surface area contributed by atoms with E-state index in [0.717, 1.165) is 22.9 Å². The van der Waals surface area contributed by atoms with Gasteiger partial charge >= 0.3 is 5.97 Å². The standard InChI is InChI=1S/C17H25N3O2/c1-11(2)7-16(17(21)22-12(3)4)18-9-13-5-6-14-10-19-20-15(14)8-13/h5-6,8,10-12,16,18H,7,9H2,1-4H3,(H,19,20)/t16-/m0/s1. The number of esters is 1. The van der Waals surface area contributed by atoms with Gasteiger partial charge in [-0.05, 0) is 37.8 Å². The molecule has 1 aromatic heterocycles. The molecule has 5 heteroatoms. The summed E-state index contributed by atoms with van der Waals surface area (Å²) in [4.78, 5) is 12.2. The van der Waals surface area contributed by atoms with Crippen molar-refractivity contribution < 1.29 is 9.53 Å². The SMILES string of the molecule is CC(C)C[C@H](NCc1ccc2cn[nH]c2c1)C(=O)OC(C)C. The highest BCUT2D eigenvalue weighted by atomic mass is 16.5. The van der Waals surface area contributed by atoms with Crippen LogP contribution >= 0.6 is 0 Å². The minimum Gasteiger partial charge on any atom is -0.462 e. The van der Waals surface area contributed by atoms with Gasteiger partial charge < -0.3 is 10.1 Å². The number of fused-ring (bicyclic) bond motifs is 1. The molecule has 0 bridgehead atoms. The predicted octanol–water partition coefficient (Wildman–Crippen LogP) is 3.02. The minimum atomic E-state index is -0.278. The van der Waals surface area contributed by atoms with Crippen LogP contribution in [0, 0.1) is 5.92 Å². The molecule has 0 fully saturated rings. The molecule has 0 unspecified atom stereocenters. The van der Waals surface area contributed by atoms with Crippen LogP contribution in [0.3, 0.4) is 0 Å². The summed E-state index contributed by atoms with van der Waals surface area (Å²) in [7, 11) is 0. The summed E-state index contributed by atoms with van der Waals surface area (Å²) in [5.41, 5.74) is 2.12. The molecule has 1 atom stereocenters. The number of nitrogens with zero attached hydrogens (tertiary/aromatic N) is 1. The lowest BCUT2D eigenvalue weighted by molar-refractivity contribution is -0.150. The molecule has 5 nitrogen and oxygen atoms in total. The molecule has 0 saturated heterocycles. The van der Waals surface area contributed by atoms with Gasteiger partial charge in [0.25, 0.3) is 0 Å². The van der Waals surface area contributed by atoms with Gasteiger partial charge in [-0.25, -0.2) is 0 Å². The van der Waals surface area contributed by atoms with Crippen molar-refractivity contribution in [1.29, 1.82) is 0 Å². The summed E-state index contributed by atoms with van der Waals surface area (Å²) in [5.74, 6) is 0.249. The Balaban J connectivity index is 2.01. The third-order valence-corrected chi connectivity index (χ3v) is 3.40. The first kappa shape index (κ1) is 16.5. The molecule has 22 heavy (non-hydrogen) atoms. The molecular weight excluding hydrogens is 278 g/mol. The van der Waals surface area contributed by atoms with Crippen LogP contribution in [-0.2, 0) is 16.1 Å². The van der Waals surface area contributed by atoms with E-state index in [-0.39, 0.29) is 18.1 Å². The highest BCUT2D eigenvalue weighted by molar-refractivity contribution is 5.78. The van der Waals surface area contributed by atoms with Gasteiger partial charge in [0.15, 0.2) is 0 Å². The van der Waals surface area contributed by atoms with Gasteiger partial charge in [-0.3, -0.25) is 9.89 Å². The molecule has 2 N–H and O–H groups in total. The van der Waals surface area contributed by atoms with E-state index >= 15 is 0 Å². The minimum absolute atomic E-state index is 0.0923. The summed E-state index contributed by atoms with van der Waals surface area (Å²) >= 11 is 0. The summed E-state index contributed by atoms with van der Waals surface area (Å²) in [6.07, 6.45) is 2.47. The van der Waals surface area contributed by atoms with Crippen LogP contribution in [0.15, 0.2) is 24.4 Å². The van der Waals surface area contributed by atoms with Crippen LogP contribution in [0.4, 0.5) is 0 Å². The van der Waals surface area contributed by atoms with E-state index in [4.69, 9.17) is 4.74 Å². The molecule has 0 spiro atoms. The van der Waals surface area contributed by atoms with Crippen LogP contribution in [0.2, 0.25) is 0 Å². The fourth-order valence-corrected chi connectivity index (χ4v) is 2.38. The number of H-pyrrole nitrogens is 1. The summed E-state index contributed by atoms with van der Waals surface area (Å²) < 4.78 is 5.34. The first-order valence-electron chi connectivity index (χ1n) is 7.81. The fraction of sp³-hybridized carbons (Fsp3) is 0.529. The lowest BCUT2D eigenvalue weighted by atomic mass is 10.0. The van der Waals surface area contributed by atoms with Crippen LogP contribution in [0.1, 0.15) is 39.7 Å². The quantitative estimate of drug-likeness (QED) is 0.772. The molecular formula is C17H25N3O2. The second-order valence-electron chi connectivity index (χ2n) is 6.34. The van der Waals surface area contributed by atoms with E-state index < -0.39 is 0 Å². The van der Waals surface area contributed by atoms with E-state index in [1.807, 2.05) is 26.0 Å². The zero-order valence-corrected chi connectivity index (χ0v) is 13.7. The molecule has 1 aromatic carbocycles. The van der Waals surface area contributed by atoms with E-state index in [0.29, 0.717) is 12.5 Å². The smallest absolute Gasteiger partial charge is 0.323 e. The van der Waals surface area contributed by atoms with Crippen molar-refractivity contribution in [2.45, 2.75) is 52.8 Å².